The van der Waals surface area contributed by atoms with Crippen LogP contribution in [0.15, 0.2) is 18.3 Å². The van der Waals surface area contributed by atoms with Crippen molar-refractivity contribution in [3.63, 3.8) is 0 Å². The van der Waals surface area contributed by atoms with Crippen LogP contribution in [0.2, 0.25) is 9.49 Å². The molecule has 0 N–H and O–H groups in total. The van der Waals surface area contributed by atoms with Gasteiger partial charge in [0.25, 0.3) is 0 Å². The predicted octanol–water partition coefficient (Wildman–Crippen LogP) is 2.87. The summed E-state index contributed by atoms with van der Waals surface area (Å²) in [5.74, 6) is 0. The van der Waals surface area contributed by atoms with E-state index < -0.39 is 0 Å². The molecule has 4 nitrogen and oxygen atoms in total. The van der Waals surface area contributed by atoms with Gasteiger partial charge in [0.2, 0.25) is 0 Å². The van der Waals surface area contributed by atoms with E-state index >= 15 is 0 Å². The fraction of sp³-hybridized carbons (Fsp3) is 0.300. The molecule has 0 aliphatic rings. The zero-order valence-electron chi connectivity index (χ0n) is 9.10. The highest BCUT2D eigenvalue weighted by Crippen LogP contribution is 2.19. The van der Waals surface area contributed by atoms with Crippen LogP contribution < -0.4 is 0 Å². The van der Waals surface area contributed by atoms with E-state index in [9.17, 15) is 0 Å². The first kappa shape index (κ1) is 12.7. The number of pyridine rings is 1. The minimum Gasteiger partial charge on any atom is -0.296 e. The maximum Gasteiger partial charge on any atom is 0.138 e. The lowest BCUT2D eigenvalue weighted by Gasteiger charge is -2.14. The Hall–Kier alpha value is -0.750. The smallest absolute Gasteiger partial charge is 0.138 e. The van der Waals surface area contributed by atoms with Crippen molar-refractivity contribution < 1.29 is 0 Å². The Morgan fingerprint density at radius 1 is 1.29 bits per heavy atom. The monoisotopic (exact) mass is 288 g/mol. The summed E-state index contributed by atoms with van der Waals surface area (Å²) in [6.45, 7) is 1.43. The van der Waals surface area contributed by atoms with Gasteiger partial charge in [0.05, 0.1) is 0 Å². The van der Waals surface area contributed by atoms with Gasteiger partial charge in [-0.2, -0.15) is 0 Å². The maximum atomic E-state index is 5.94. The van der Waals surface area contributed by atoms with E-state index in [0.29, 0.717) is 16.0 Å². The summed E-state index contributed by atoms with van der Waals surface area (Å²) in [7, 11) is 1.99. The van der Waals surface area contributed by atoms with E-state index in [1.807, 2.05) is 13.1 Å². The molecule has 2 heterocycles. The number of nitrogens with zero attached hydrogens (tertiary/aromatic N) is 4. The molecule has 0 aliphatic heterocycles. The van der Waals surface area contributed by atoms with Gasteiger partial charge in [-0.05, 0) is 18.7 Å². The Labute approximate surface area is 113 Å². The molecular formula is C10H10Cl2N4S. The molecule has 0 bridgehead atoms. The Bertz CT molecular complexity index is 485. The third kappa shape index (κ3) is 3.61. The number of hydrogen-bond acceptors (Lipinski definition) is 5. The van der Waals surface area contributed by atoms with E-state index in [0.717, 1.165) is 17.8 Å². The Kier molecular flexibility index (Phi) is 4.28. The molecule has 2 aromatic rings. The molecule has 0 spiro atoms. The molecule has 0 unspecified atom stereocenters. The van der Waals surface area contributed by atoms with Gasteiger partial charge in [-0.15, -0.1) is 5.10 Å². The van der Waals surface area contributed by atoms with Crippen LogP contribution in [0.1, 0.15) is 11.3 Å². The first-order chi connectivity index (χ1) is 8.15. The van der Waals surface area contributed by atoms with Crippen molar-refractivity contribution >= 4 is 34.7 Å². The van der Waals surface area contributed by atoms with Crippen LogP contribution in [0.5, 0.6) is 0 Å². The summed E-state index contributed by atoms with van der Waals surface area (Å²) in [5, 5.41) is 4.47. The van der Waals surface area contributed by atoms with Gasteiger partial charge >= 0.3 is 0 Å². The molecule has 0 amide bonds. The van der Waals surface area contributed by atoms with E-state index in [1.165, 1.54) is 11.5 Å². The van der Waals surface area contributed by atoms with E-state index in [1.54, 1.807) is 12.3 Å². The van der Waals surface area contributed by atoms with Crippen molar-refractivity contribution in [1.29, 1.82) is 0 Å². The first-order valence-electron chi connectivity index (χ1n) is 4.91. The van der Waals surface area contributed by atoms with Crippen molar-refractivity contribution in [2.45, 2.75) is 13.1 Å². The molecule has 0 aliphatic carbocycles. The van der Waals surface area contributed by atoms with Crippen LogP contribution in [-0.4, -0.2) is 26.5 Å². The average Bonchev–Trinajstić information content (AvgIpc) is 2.68. The zero-order chi connectivity index (χ0) is 12.3. The second-order valence-corrected chi connectivity index (χ2v) is 5.40. The van der Waals surface area contributed by atoms with Gasteiger partial charge < -0.3 is 0 Å². The molecule has 0 aromatic carbocycles. The molecule has 17 heavy (non-hydrogen) atoms. The molecule has 0 radical (unpaired) electrons. The highest BCUT2D eigenvalue weighted by atomic mass is 35.5. The minimum atomic E-state index is 0.503. The highest BCUT2D eigenvalue weighted by Gasteiger charge is 2.09. The lowest BCUT2D eigenvalue weighted by atomic mass is 10.2. The molecular weight excluding hydrogens is 279 g/mol. The molecule has 0 saturated carbocycles. The van der Waals surface area contributed by atoms with Crippen molar-refractivity contribution in [3.05, 3.63) is 39.1 Å². The predicted molar refractivity (Wildman–Crippen MR) is 69.3 cm³/mol. The molecule has 0 atom stereocenters. The fourth-order valence-corrected chi connectivity index (χ4v) is 2.14. The second-order valence-electron chi connectivity index (χ2n) is 3.65. The lowest BCUT2D eigenvalue weighted by Crippen LogP contribution is -2.17. The van der Waals surface area contributed by atoms with Gasteiger partial charge in [-0.25, -0.2) is 4.98 Å². The summed E-state index contributed by atoms with van der Waals surface area (Å²) in [4.78, 5) is 6.12. The Balaban J connectivity index is 1.95. The van der Waals surface area contributed by atoms with E-state index in [4.69, 9.17) is 23.2 Å². The van der Waals surface area contributed by atoms with Gasteiger partial charge in [0.15, 0.2) is 0 Å². The summed E-state index contributed by atoms with van der Waals surface area (Å²) < 4.78 is 4.44. The van der Waals surface area contributed by atoms with E-state index in [2.05, 4.69) is 19.5 Å². The quantitative estimate of drug-likeness (QED) is 0.812. The summed E-state index contributed by atoms with van der Waals surface area (Å²) in [5.41, 5.74) is 1.90. The molecule has 0 saturated heterocycles. The molecule has 7 heteroatoms. The topological polar surface area (TPSA) is 41.9 Å². The standard InChI is InChI=1S/C10H10Cl2N4S/c1-16(6-8-10(12)17-15-14-8)5-7-2-3-9(11)13-4-7/h2-4H,5-6H2,1H3. The van der Waals surface area contributed by atoms with Crippen LogP contribution in [0.3, 0.4) is 0 Å². The van der Waals surface area contributed by atoms with Gasteiger partial charge in [0.1, 0.15) is 15.2 Å². The van der Waals surface area contributed by atoms with Crippen molar-refractivity contribution in [1.82, 2.24) is 19.5 Å². The van der Waals surface area contributed by atoms with Crippen LogP contribution >= 0.6 is 34.7 Å². The Morgan fingerprint density at radius 3 is 2.71 bits per heavy atom. The first-order valence-corrected chi connectivity index (χ1v) is 6.44. The molecule has 0 fully saturated rings. The van der Waals surface area contributed by atoms with Crippen LogP contribution in [0.4, 0.5) is 0 Å². The van der Waals surface area contributed by atoms with Gasteiger partial charge in [-0.3, -0.25) is 4.90 Å². The van der Waals surface area contributed by atoms with Gasteiger partial charge in [-0.1, -0.05) is 33.8 Å². The second kappa shape index (κ2) is 5.73. The highest BCUT2D eigenvalue weighted by molar-refractivity contribution is 7.10. The maximum absolute atomic E-state index is 5.94. The summed E-state index contributed by atoms with van der Waals surface area (Å²) in [6.07, 6.45) is 1.76. The minimum absolute atomic E-state index is 0.503. The molecule has 90 valence electrons. The zero-order valence-corrected chi connectivity index (χ0v) is 11.4. The third-order valence-electron chi connectivity index (χ3n) is 2.17. The molecule has 2 rings (SSSR count). The largest absolute Gasteiger partial charge is 0.296 e. The number of aromatic nitrogens is 3. The summed E-state index contributed by atoms with van der Waals surface area (Å²) in [6, 6.07) is 3.73. The van der Waals surface area contributed by atoms with Crippen molar-refractivity contribution in [2.24, 2.45) is 0 Å². The van der Waals surface area contributed by atoms with Crippen LogP contribution in [0, 0.1) is 0 Å². The summed E-state index contributed by atoms with van der Waals surface area (Å²) >= 11 is 12.9. The number of rotatable bonds is 4. The van der Waals surface area contributed by atoms with Crippen LogP contribution in [0.25, 0.3) is 0 Å². The fourth-order valence-electron chi connectivity index (χ4n) is 1.41. The van der Waals surface area contributed by atoms with Gasteiger partial charge in [0, 0.05) is 30.8 Å². The third-order valence-corrected chi connectivity index (χ3v) is 3.38. The van der Waals surface area contributed by atoms with Crippen LogP contribution in [-0.2, 0) is 13.1 Å². The number of halogens is 2. The van der Waals surface area contributed by atoms with Crippen molar-refractivity contribution in [2.75, 3.05) is 7.05 Å². The number of hydrogen-bond donors (Lipinski definition) is 0. The normalized spacial score (nSPS) is 11.1. The molecule has 2 aromatic heterocycles. The van der Waals surface area contributed by atoms with Crippen molar-refractivity contribution in [3.8, 4) is 0 Å². The lowest BCUT2D eigenvalue weighted by molar-refractivity contribution is 0.314. The van der Waals surface area contributed by atoms with E-state index in [-0.39, 0.29) is 0 Å². The Morgan fingerprint density at radius 2 is 2.12 bits per heavy atom. The average molecular weight is 289 g/mol. The SMILES string of the molecule is CN(Cc1ccc(Cl)nc1)Cc1nnsc1Cl.